The molecule has 132 valence electrons. The van der Waals surface area contributed by atoms with Gasteiger partial charge in [0.1, 0.15) is 11.5 Å². The summed E-state index contributed by atoms with van der Waals surface area (Å²) in [6, 6.07) is 20.8. The van der Waals surface area contributed by atoms with Crippen molar-refractivity contribution in [2.75, 3.05) is 0 Å². The minimum absolute atomic E-state index is 0.00685. The van der Waals surface area contributed by atoms with Gasteiger partial charge in [-0.3, -0.25) is 0 Å². The molecule has 1 N–H and O–H groups in total. The van der Waals surface area contributed by atoms with Crippen molar-refractivity contribution in [3.63, 3.8) is 0 Å². The summed E-state index contributed by atoms with van der Waals surface area (Å²) in [5.41, 5.74) is 4.48. The molecule has 0 aliphatic carbocycles. The van der Waals surface area contributed by atoms with Gasteiger partial charge in [0.05, 0.1) is 11.0 Å². The van der Waals surface area contributed by atoms with Crippen LogP contribution >= 0.6 is 11.3 Å². The fraction of sp³-hybridized carbons (Fsp3) is 0.217. The monoisotopic (exact) mass is 362 g/mol. The molecule has 2 unspecified atom stereocenters. The van der Waals surface area contributed by atoms with Crippen molar-refractivity contribution in [1.29, 1.82) is 0 Å². The quantitative estimate of drug-likeness (QED) is 0.639. The number of aliphatic hydroxyl groups is 1. The van der Waals surface area contributed by atoms with E-state index in [1.807, 2.05) is 36.6 Å². The predicted molar refractivity (Wildman–Crippen MR) is 108 cm³/mol. The Kier molecular flexibility index (Phi) is 4.66. The third kappa shape index (κ3) is 2.98. The zero-order chi connectivity index (χ0) is 18.1. The second kappa shape index (κ2) is 7.10. The summed E-state index contributed by atoms with van der Waals surface area (Å²) in [6.45, 7) is 4.10. The zero-order valence-corrected chi connectivity index (χ0v) is 15.8. The van der Waals surface area contributed by atoms with E-state index in [0.29, 0.717) is 6.42 Å². The molecular weight excluding hydrogens is 340 g/mol. The number of hydrogen-bond donors (Lipinski definition) is 1. The number of benzene rings is 2. The van der Waals surface area contributed by atoms with Crippen LogP contribution in [0.3, 0.4) is 0 Å². The first-order valence-corrected chi connectivity index (χ1v) is 9.86. The molecule has 0 spiro atoms. The Hall–Kier alpha value is -2.36. The van der Waals surface area contributed by atoms with Crippen molar-refractivity contribution in [2.24, 2.45) is 0 Å². The smallest absolute Gasteiger partial charge is 0.147 e. The molecule has 0 bridgehead atoms. The molecule has 3 aromatic rings. The lowest BCUT2D eigenvalue weighted by molar-refractivity contribution is 0.197. The molecule has 0 amide bonds. The minimum Gasteiger partial charge on any atom is -0.455 e. The van der Waals surface area contributed by atoms with Gasteiger partial charge in [-0.2, -0.15) is 0 Å². The van der Waals surface area contributed by atoms with Gasteiger partial charge in [-0.15, -0.1) is 11.3 Å². The molecule has 2 heterocycles. The van der Waals surface area contributed by atoms with Crippen molar-refractivity contribution in [3.05, 3.63) is 93.2 Å². The Morgan fingerprint density at radius 3 is 2.50 bits per heavy atom. The van der Waals surface area contributed by atoms with Crippen LogP contribution in [0.4, 0.5) is 0 Å². The molecule has 26 heavy (non-hydrogen) atoms. The van der Waals surface area contributed by atoms with Gasteiger partial charge in [0.15, 0.2) is 0 Å². The van der Waals surface area contributed by atoms with Gasteiger partial charge >= 0.3 is 0 Å². The van der Waals surface area contributed by atoms with Crippen molar-refractivity contribution >= 4 is 17.1 Å². The van der Waals surface area contributed by atoms with Gasteiger partial charge in [-0.05, 0) is 36.4 Å². The van der Waals surface area contributed by atoms with E-state index in [0.717, 1.165) is 27.5 Å². The second-order valence-corrected chi connectivity index (χ2v) is 7.62. The first kappa shape index (κ1) is 17.1. The highest BCUT2D eigenvalue weighted by atomic mass is 32.1. The van der Waals surface area contributed by atoms with Gasteiger partial charge < -0.3 is 9.84 Å². The SMILES string of the molecule is CCC(O)C1=C(c2cccs2)Oc2ccccc2C1c1ccc(C)cc1. The number of ether oxygens (including phenoxy) is 1. The summed E-state index contributed by atoms with van der Waals surface area (Å²) in [5.74, 6) is 1.67. The highest BCUT2D eigenvalue weighted by Crippen LogP contribution is 2.47. The molecular formula is C23H22O2S. The Labute approximate surface area is 158 Å². The largest absolute Gasteiger partial charge is 0.455 e. The lowest BCUT2D eigenvalue weighted by Crippen LogP contribution is -2.24. The molecule has 0 fully saturated rings. The first-order valence-electron chi connectivity index (χ1n) is 8.98. The lowest BCUT2D eigenvalue weighted by Gasteiger charge is -2.33. The molecule has 4 rings (SSSR count). The summed E-state index contributed by atoms with van der Waals surface area (Å²) in [5, 5.41) is 13.0. The fourth-order valence-electron chi connectivity index (χ4n) is 3.56. The van der Waals surface area contributed by atoms with Crippen LogP contribution in [0.1, 0.15) is 40.8 Å². The maximum Gasteiger partial charge on any atom is 0.147 e. The number of rotatable bonds is 4. The maximum absolute atomic E-state index is 10.9. The average molecular weight is 362 g/mol. The topological polar surface area (TPSA) is 29.5 Å². The van der Waals surface area contributed by atoms with Crippen LogP contribution in [-0.2, 0) is 0 Å². The van der Waals surface area contributed by atoms with E-state index in [-0.39, 0.29) is 5.92 Å². The fourth-order valence-corrected chi connectivity index (χ4v) is 4.29. The molecule has 1 aromatic heterocycles. The summed E-state index contributed by atoms with van der Waals surface area (Å²) in [7, 11) is 0. The molecule has 2 nitrogen and oxygen atoms in total. The number of fused-ring (bicyclic) bond motifs is 1. The summed E-state index contributed by atoms with van der Waals surface area (Å²) in [6.07, 6.45) is 0.102. The molecule has 0 radical (unpaired) electrons. The van der Waals surface area contributed by atoms with Crippen molar-refractivity contribution in [1.82, 2.24) is 0 Å². The van der Waals surface area contributed by atoms with Gasteiger partial charge in [0.25, 0.3) is 0 Å². The molecule has 1 aliphatic rings. The number of thiophene rings is 1. The van der Waals surface area contributed by atoms with E-state index in [1.165, 1.54) is 11.1 Å². The van der Waals surface area contributed by atoms with Crippen LogP contribution in [0, 0.1) is 6.92 Å². The molecule has 0 saturated heterocycles. The van der Waals surface area contributed by atoms with Gasteiger partial charge in [0.2, 0.25) is 0 Å². The average Bonchev–Trinajstić information content (AvgIpc) is 3.21. The van der Waals surface area contributed by atoms with Crippen molar-refractivity contribution < 1.29 is 9.84 Å². The van der Waals surface area contributed by atoms with Crippen LogP contribution in [0.25, 0.3) is 5.76 Å². The molecule has 0 saturated carbocycles. The van der Waals surface area contributed by atoms with Gasteiger partial charge in [-0.1, -0.05) is 61.0 Å². The van der Waals surface area contributed by atoms with E-state index in [9.17, 15) is 5.11 Å². The normalized spacial score (nSPS) is 17.6. The van der Waals surface area contributed by atoms with E-state index in [1.54, 1.807) is 11.3 Å². The number of para-hydroxylation sites is 1. The van der Waals surface area contributed by atoms with Crippen molar-refractivity contribution in [3.8, 4) is 5.75 Å². The molecule has 3 heteroatoms. The maximum atomic E-state index is 10.9. The lowest BCUT2D eigenvalue weighted by atomic mass is 9.79. The van der Waals surface area contributed by atoms with E-state index in [4.69, 9.17) is 4.74 Å². The summed E-state index contributed by atoms with van der Waals surface area (Å²) >= 11 is 1.64. The first-order chi connectivity index (χ1) is 12.7. The Morgan fingerprint density at radius 2 is 1.81 bits per heavy atom. The second-order valence-electron chi connectivity index (χ2n) is 6.67. The number of aryl methyl sites for hydroxylation is 1. The number of hydrogen-bond acceptors (Lipinski definition) is 3. The van der Waals surface area contributed by atoms with Crippen molar-refractivity contribution in [2.45, 2.75) is 32.3 Å². The Balaban J connectivity index is 1.97. The summed E-state index contributed by atoms with van der Waals surface area (Å²) < 4.78 is 6.32. The van der Waals surface area contributed by atoms with Gasteiger partial charge in [0, 0.05) is 17.1 Å². The van der Waals surface area contributed by atoms with Crippen LogP contribution in [0.5, 0.6) is 5.75 Å². The molecule has 2 atom stereocenters. The standard InChI is InChI=1S/C23H22O2S/c1-3-18(24)22-21(16-12-10-15(2)11-13-16)17-7-4-5-8-19(17)25-23(22)20-9-6-14-26-20/h4-14,18,21,24H,3H2,1-2H3. The third-order valence-electron chi connectivity index (χ3n) is 4.92. The van der Waals surface area contributed by atoms with E-state index >= 15 is 0 Å². The van der Waals surface area contributed by atoms with E-state index in [2.05, 4.69) is 43.3 Å². The van der Waals surface area contributed by atoms with E-state index < -0.39 is 6.10 Å². The zero-order valence-electron chi connectivity index (χ0n) is 15.0. The van der Waals surface area contributed by atoms with Gasteiger partial charge in [-0.25, -0.2) is 0 Å². The van der Waals surface area contributed by atoms with Crippen LogP contribution in [0.15, 0.2) is 71.6 Å². The number of aliphatic hydroxyl groups excluding tert-OH is 1. The molecule has 2 aromatic carbocycles. The third-order valence-corrected chi connectivity index (χ3v) is 5.79. The molecule has 1 aliphatic heterocycles. The highest BCUT2D eigenvalue weighted by Gasteiger charge is 2.34. The minimum atomic E-state index is -0.549. The summed E-state index contributed by atoms with van der Waals surface area (Å²) in [4.78, 5) is 1.05. The van der Waals surface area contributed by atoms with Crippen LogP contribution in [0.2, 0.25) is 0 Å². The Bertz CT molecular complexity index is 923. The highest BCUT2D eigenvalue weighted by molar-refractivity contribution is 7.11. The van der Waals surface area contributed by atoms with Crippen LogP contribution in [-0.4, -0.2) is 11.2 Å². The predicted octanol–water partition coefficient (Wildman–Crippen LogP) is 5.76. The van der Waals surface area contributed by atoms with Crippen LogP contribution < -0.4 is 4.74 Å². The Morgan fingerprint density at radius 1 is 1.04 bits per heavy atom.